The van der Waals surface area contributed by atoms with E-state index in [4.69, 9.17) is 10.1 Å². The minimum absolute atomic E-state index is 0.0356. The van der Waals surface area contributed by atoms with Gasteiger partial charge >= 0.3 is 6.18 Å². The molecule has 2 aromatic heterocycles. The summed E-state index contributed by atoms with van der Waals surface area (Å²) in [4.78, 5) is 33.5. The van der Waals surface area contributed by atoms with Gasteiger partial charge in [0.05, 0.1) is 18.8 Å². The lowest BCUT2D eigenvalue weighted by atomic mass is 10.1. The molecule has 4 N–H and O–H groups in total. The van der Waals surface area contributed by atoms with E-state index >= 15 is 0 Å². The molecule has 1 aliphatic heterocycles. The van der Waals surface area contributed by atoms with Crippen LogP contribution < -0.4 is 21.1 Å². The van der Waals surface area contributed by atoms with Gasteiger partial charge in [0.25, 0.3) is 11.5 Å². The number of aromatic amines is 1. The molecule has 3 heterocycles. The number of anilines is 3. The molecule has 1 saturated heterocycles. The van der Waals surface area contributed by atoms with Crippen molar-refractivity contribution in [2.75, 3.05) is 41.8 Å². The van der Waals surface area contributed by atoms with Gasteiger partial charge in [0.1, 0.15) is 11.5 Å². The van der Waals surface area contributed by atoms with Gasteiger partial charge in [-0.1, -0.05) is 6.07 Å². The number of amides is 1. The predicted octanol–water partition coefficient (Wildman–Crippen LogP) is 3.28. The Bertz CT molecular complexity index is 1350. The molecule has 0 unspecified atom stereocenters. The number of pyridine rings is 2. The summed E-state index contributed by atoms with van der Waals surface area (Å²) in [6.07, 6.45) is -1.91. The van der Waals surface area contributed by atoms with Crippen LogP contribution in [-0.4, -0.2) is 54.6 Å². The van der Waals surface area contributed by atoms with Crippen molar-refractivity contribution in [1.82, 2.24) is 9.97 Å². The van der Waals surface area contributed by atoms with Crippen molar-refractivity contribution < 1.29 is 22.7 Å². The molecule has 0 bridgehead atoms. The summed E-state index contributed by atoms with van der Waals surface area (Å²) in [5.41, 5.74) is -2.64. The van der Waals surface area contributed by atoms with Gasteiger partial charge in [-0.05, 0) is 24.3 Å². The summed E-state index contributed by atoms with van der Waals surface area (Å²) in [7, 11) is 0. The Morgan fingerprint density at radius 1 is 1.14 bits per heavy atom. The Kier molecular flexibility index (Phi) is 6.82. The Morgan fingerprint density at radius 3 is 2.63 bits per heavy atom. The first-order valence-electron chi connectivity index (χ1n) is 10.6. The zero-order valence-electron chi connectivity index (χ0n) is 18.3. The van der Waals surface area contributed by atoms with Gasteiger partial charge in [0.15, 0.2) is 0 Å². The summed E-state index contributed by atoms with van der Waals surface area (Å²) in [5, 5.41) is 12.6. The standard InChI is InChI=1S/C23H21F3N6O3/c24-23(25,26)20(31-18-3-1-2-16-15(18)5-7-29-21(16)33)17(13-27)22(34)30-14-4-6-28-19(12-14)32-8-10-35-11-9-32/h1-7,12-13,27,31H,8-11H2,(H,29,33)(H,28,30,34)/b20-17+,27-13?. The number of nitrogens with zero attached hydrogens (tertiary/aromatic N) is 2. The van der Waals surface area contributed by atoms with Gasteiger partial charge in [-0.15, -0.1) is 0 Å². The zero-order valence-corrected chi connectivity index (χ0v) is 18.3. The first-order valence-corrected chi connectivity index (χ1v) is 10.6. The van der Waals surface area contributed by atoms with E-state index in [2.05, 4.69) is 20.6 Å². The van der Waals surface area contributed by atoms with Gasteiger partial charge in [-0.25, -0.2) is 4.98 Å². The number of fused-ring (bicyclic) bond motifs is 1. The third-order valence-electron chi connectivity index (χ3n) is 5.36. The van der Waals surface area contributed by atoms with Gasteiger partial charge in [0.2, 0.25) is 0 Å². The lowest BCUT2D eigenvalue weighted by Crippen LogP contribution is -2.36. The Labute approximate surface area is 197 Å². The minimum atomic E-state index is -5.00. The smallest absolute Gasteiger partial charge is 0.378 e. The zero-order chi connectivity index (χ0) is 25.0. The van der Waals surface area contributed by atoms with E-state index < -0.39 is 28.9 Å². The van der Waals surface area contributed by atoms with Gasteiger partial charge < -0.3 is 30.7 Å². The SMILES string of the molecule is N=C/C(C(=O)Nc1ccnc(N2CCOCC2)c1)=C(\Nc1cccc2c(=O)[nH]ccc12)C(F)(F)F. The number of ether oxygens (including phenoxy) is 1. The maximum atomic E-state index is 14.0. The number of rotatable bonds is 6. The van der Waals surface area contributed by atoms with E-state index in [1.807, 2.05) is 4.90 Å². The van der Waals surface area contributed by atoms with Crippen molar-refractivity contribution in [1.29, 1.82) is 5.41 Å². The van der Waals surface area contributed by atoms with Crippen LogP contribution in [0, 0.1) is 5.41 Å². The molecule has 3 aromatic rings. The molecule has 1 aromatic carbocycles. The number of allylic oxidation sites excluding steroid dienone is 1. The first kappa shape index (κ1) is 24.0. The van der Waals surface area contributed by atoms with Crippen LogP contribution in [0.4, 0.5) is 30.4 Å². The summed E-state index contributed by atoms with van der Waals surface area (Å²) in [5.74, 6) is -0.585. The average molecular weight is 486 g/mol. The molecule has 0 saturated carbocycles. The second-order valence-corrected chi connectivity index (χ2v) is 7.59. The van der Waals surface area contributed by atoms with Crippen molar-refractivity contribution in [2.24, 2.45) is 0 Å². The van der Waals surface area contributed by atoms with Crippen LogP contribution in [0.1, 0.15) is 0 Å². The fourth-order valence-electron chi connectivity index (χ4n) is 3.67. The van der Waals surface area contributed by atoms with E-state index in [1.54, 1.807) is 6.07 Å². The summed E-state index contributed by atoms with van der Waals surface area (Å²) < 4.78 is 47.4. The molecule has 9 nitrogen and oxygen atoms in total. The number of morpholine rings is 1. The van der Waals surface area contributed by atoms with Gasteiger partial charge in [0, 0.05) is 59.9 Å². The Balaban J connectivity index is 1.67. The quantitative estimate of drug-likeness (QED) is 0.313. The number of carbonyl (C=O) groups excluding carboxylic acids is 1. The topological polar surface area (TPSA) is 123 Å². The van der Waals surface area contributed by atoms with Crippen LogP contribution in [-0.2, 0) is 9.53 Å². The number of carbonyl (C=O) groups is 1. The van der Waals surface area contributed by atoms with Crippen molar-refractivity contribution in [3.63, 3.8) is 0 Å². The summed E-state index contributed by atoms with van der Waals surface area (Å²) >= 11 is 0. The number of aromatic nitrogens is 2. The minimum Gasteiger partial charge on any atom is -0.378 e. The number of nitrogens with one attached hydrogen (secondary N) is 4. The molecular formula is C23H21F3N6O3. The number of hydrogen-bond donors (Lipinski definition) is 4. The molecule has 4 rings (SSSR count). The molecule has 0 atom stereocenters. The van der Waals surface area contributed by atoms with Gasteiger partial charge in [-0.3, -0.25) is 9.59 Å². The first-order chi connectivity index (χ1) is 16.8. The second kappa shape index (κ2) is 9.97. The summed E-state index contributed by atoms with van der Waals surface area (Å²) in [6.45, 7) is 2.21. The Hall–Kier alpha value is -4.19. The maximum absolute atomic E-state index is 14.0. The fraction of sp³-hybridized carbons (Fsp3) is 0.217. The van der Waals surface area contributed by atoms with Crippen LogP contribution in [0.3, 0.4) is 0 Å². The third-order valence-corrected chi connectivity index (χ3v) is 5.36. The van der Waals surface area contributed by atoms with E-state index in [-0.39, 0.29) is 22.1 Å². The van der Waals surface area contributed by atoms with Crippen LogP contribution in [0.15, 0.2) is 64.9 Å². The molecule has 182 valence electrons. The molecule has 1 aliphatic rings. The van der Waals surface area contributed by atoms with E-state index in [1.165, 1.54) is 42.7 Å². The Morgan fingerprint density at radius 2 is 1.91 bits per heavy atom. The molecule has 12 heteroatoms. The lowest BCUT2D eigenvalue weighted by Gasteiger charge is -2.28. The molecule has 1 fully saturated rings. The van der Waals surface area contributed by atoms with Crippen molar-refractivity contribution >= 4 is 40.1 Å². The number of halogens is 3. The highest BCUT2D eigenvalue weighted by Gasteiger charge is 2.38. The number of benzene rings is 1. The van der Waals surface area contributed by atoms with E-state index in [9.17, 15) is 22.8 Å². The van der Waals surface area contributed by atoms with E-state index in [0.717, 1.165) is 0 Å². The number of alkyl halides is 3. The monoisotopic (exact) mass is 486 g/mol. The van der Waals surface area contributed by atoms with Crippen molar-refractivity contribution in [2.45, 2.75) is 6.18 Å². The highest BCUT2D eigenvalue weighted by molar-refractivity contribution is 6.18. The highest BCUT2D eigenvalue weighted by atomic mass is 19.4. The average Bonchev–Trinajstić information content (AvgIpc) is 2.84. The molecular weight excluding hydrogens is 465 g/mol. The van der Waals surface area contributed by atoms with E-state index in [0.29, 0.717) is 38.3 Å². The second-order valence-electron chi connectivity index (χ2n) is 7.59. The molecule has 0 aliphatic carbocycles. The van der Waals surface area contributed by atoms with Crippen LogP contribution in [0.5, 0.6) is 0 Å². The third kappa shape index (κ3) is 5.32. The highest BCUT2D eigenvalue weighted by Crippen LogP contribution is 2.32. The van der Waals surface area contributed by atoms with Crippen LogP contribution >= 0.6 is 0 Å². The lowest BCUT2D eigenvalue weighted by molar-refractivity contribution is -0.114. The molecule has 35 heavy (non-hydrogen) atoms. The largest absolute Gasteiger partial charge is 0.432 e. The predicted molar refractivity (Wildman–Crippen MR) is 126 cm³/mol. The summed E-state index contributed by atoms with van der Waals surface area (Å²) in [6, 6.07) is 8.67. The van der Waals surface area contributed by atoms with Crippen LogP contribution in [0.25, 0.3) is 10.8 Å². The number of hydrogen-bond acceptors (Lipinski definition) is 7. The van der Waals surface area contributed by atoms with Gasteiger partial charge in [-0.2, -0.15) is 13.2 Å². The molecule has 0 spiro atoms. The molecule has 1 amide bonds. The molecule has 0 radical (unpaired) electrons. The van der Waals surface area contributed by atoms with Crippen molar-refractivity contribution in [3.05, 3.63) is 70.4 Å². The van der Waals surface area contributed by atoms with Crippen molar-refractivity contribution in [3.8, 4) is 0 Å². The maximum Gasteiger partial charge on any atom is 0.432 e. The number of H-pyrrole nitrogens is 1. The fourth-order valence-corrected chi connectivity index (χ4v) is 3.67. The normalized spacial score (nSPS) is 14.9. The van der Waals surface area contributed by atoms with Crippen LogP contribution in [0.2, 0.25) is 0 Å².